The molecule has 0 aromatic heterocycles. The number of allylic oxidation sites excluding steroid dienone is 6. The third-order valence-corrected chi connectivity index (χ3v) is 6.29. The normalized spacial score (nSPS) is 15.3. The first-order chi connectivity index (χ1) is 24.1. The Hall–Kier alpha value is -2.59. The number of aliphatic hydroxyl groups excluding tert-OH is 3. The van der Waals surface area contributed by atoms with Gasteiger partial charge in [0.1, 0.15) is 17.3 Å². The van der Waals surface area contributed by atoms with Crippen molar-refractivity contribution in [3.05, 3.63) is 35.5 Å². The molecule has 0 fully saturated rings. The average molecular weight is 1060 g/mol. The first kappa shape index (κ1) is 62.1. The van der Waals surface area contributed by atoms with E-state index in [1.165, 1.54) is 62.3 Å². The summed E-state index contributed by atoms with van der Waals surface area (Å²) in [4.78, 5) is 32.5. The third-order valence-electron chi connectivity index (χ3n) is 6.29. The quantitative estimate of drug-likeness (QED) is 0.120. The first-order valence-electron chi connectivity index (χ1n) is 14.5. The number of hydrogen-bond acceptors (Lipinski definition) is 6. The Balaban J connectivity index is -0.000000374. The van der Waals surface area contributed by atoms with Crippen LogP contribution in [0.2, 0.25) is 0 Å². The molecule has 0 aromatic rings. The van der Waals surface area contributed by atoms with Crippen LogP contribution in [-0.4, -0.2) is 86.7 Å². The summed E-state index contributed by atoms with van der Waals surface area (Å²) < 4.78 is 258. The topological polar surface area (TPSA) is 112 Å². The van der Waals surface area contributed by atoms with Gasteiger partial charge in [-0.15, -0.1) is 0 Å². The van der Waals surface area contributed by atoms with Crippen molar-refractivity contribution in [1.29, 1.82) is 0 Å². The van der Waals surface area contributed by atoms with Crippen LogP contribution in [0.4, 0.5) is 92.2 Å². The summed E-state index contributed by atoms with van der Waals surface area (Å²) in [6, 6.07) is 0. The monoisotopic (exact) mass is 1050 g/mol. The molecule has 0 saturated carbocycles. The molecule has 0 saturated heterocycles. The number of halogens is 21. The predicted octanol–water partition coefficient (Wildman–Crippen LogP) is 11.6. The fraction of sp³-hybridized carbons (Fsp3) is 0.700. The summed E-state index contributed by atoms with van der Waals surface area (Å²) in [6.45, 7) is 11.2. The Morgan fingerprint density at radius 1 is 0.328 bits per heavy atom. The number of carbonyl (C=O) groups excluding carboxylic acids is 3. The maximum atomic E-state index is 12.9. The van der Waals surface area contributed by atoms with Crippen molar-refractivity contribution in [3.8, 4) is 0 Å². The van der Waals surface area contributed by atoms with E-state index in [9.17, 15) is 107 Å². The van der Waals surface area contributed by atoms with Crippen molar-refractivity contribution in [1.82, 2.24) is 0 Å². The molecule has 0 radical (unpaired) electrons. The molecule has 58 heavy (non-hydrogen) atoms. The van der Waals surface area contributed by atoms with Gasteiger partial charge in [0.25, 0.3) is 0 Å². The fourth-order valence-corrected chi connectivity index (χ4v) is 2.29. The van der Waals surface area contributed by atoms with Crippen LogP contribution in [0, 0.1) is 53.6 Å². The Morgan fingerprint density at radius 2 is 0.448 bits per heavy atom. The van der Waals surface area contributed by atoms with Crippen LogP contribution in [0.25, 0.3) is 0 Å². The number of alkyl halides is 21. The van der Waals surface area contributed by atoms with Crippen molar-refractivity contribution >= 4 is 17.3 Å². The Labute approximate surface area is 343 Å². The smallest absolute Gasteiger partial charge is 0.460 e. The van der Waals surface area contributed by atoms with Crippen LogP contribution in [-0.2, 0) is 14.4 Å². The fourth-order valence-electron chi connectivity index (χ4n) is 2.29. The van der Waals surface area contributed by atoms with Crippen LogP contribution in [0.15, 0.2) is 35.5 Å². The largest absolute Gasteiger partial charge is 0.512 e. The summed E-state index contributed by atoms with van der Waals surface area (Å²) in [5, 5.41) is 27.5. The number of carbonyl (C=O) groups is 3. The SMILES string of the molecule is CC(C)(C)/C(O)=C/C(=O)C(F)(F)C(F)(F)C(F)(F)F.CC(C)(C)/C(O)=C/C(=O)C(F)(F)C(F)(F)C(F)(F)F.CC(C)(C)/C(O)=C\C(=O)C(F)(F)C(F)(F)C(F)(F)F.[Er]. The molecule has 0 bridgehead atoms. The van der Waals surface area contributed by atoms with E-state index >= 15 is 0 Å². The third kappa shape index (κ3) is 14.8. The van der Waals surface area contributed by atoms with Crippen molar-refractivity contribution in [2.45, 2.75) is 116 Å². The maximum absolute atomic E-state index is 12.9. The summed E-state index contributed by atoms with van der Waals surface area (Å²) in [7, 11) is 0. The van der Waals surface area contributed by atoms with Gasteiger partial charge in [0.2, 0.25) is 17.3 Å². The minimum absolute atomic E-state index is 0. The minimum atomic E-state index is -6.59. The summed E-state index contributed by atoms with van der Waals surface area (Å²) >= 11 is 0. The predicted molar refractivity (Wildman–Crippen MR) is 153 cm³/mol. The van der Waals surface area contributed by atoms with E-state index in [1.807, 2.05) is 0 Å². The molecule has 0 aromatic carbocycles. The van der Waals surface area contributed by atoms with Gasteiger partial charge < -0.3 is 15.3 Å². The summed E-state index contributed by atoms with van der Waals surface area (Å²) in [5.74, 6) is -49.1. The average Bonchev–Trinajstić information content (AvgIpc) is 2.93. The van der Waals surface area contributed by atoms with E-state index in [-0.39, 0.29) is 55.5 Å². The van der Waals surface area contributed by atoms with E-state index in [0.29, 0.717) is 0 Å². The van der Waals surface area contributed by atoms with Gasteiger partial charge in [-0.2, -0.15) is 92.2 Å². The Kier molecular flexibility index (Phi) is 20.3. The van der Waals surface area contributed by atoms with Crippen LogP contribution >= 0.6 is 0 Å². The van der Waals surface area contributed by atoms with Gasteiger partial charge in [0.05, 0.1) is 0 Å². The Morgan fingerprint density at radius 3 is 0.534 bits per heavy atom. The summed E-state index contributed by atoms with van der Waals surface area (Å²) in [6.07, 6.45) is -20.7. The molecule has 0 aliphatic carbocycles. The van der Waals surface area contributed by atoms with Gasteiger partial charge in [0, 0.05) is 71.8 Å². The van der Waals surface area contributed by atoms with Gasteiger partial charge in [-0.25, -0.2) is 0 Å². The molecule has 0 atom stereocenters. The molecule has 3 N–H and O–H groups in total. The standard InChI is InChI=1S/3C10H11F7O2.Er/c3*1-7(2,3)5(18)4-6(19)8(11,12)9(13,14)10(15,16)17;/h3*4,18H,1-3H3;/b5-4+;2*5-4-;. The van der Waals surface area contributed by atoms with Gasteiger partial charge >= 0.3 is 54.1 Å². The minimum Gasteiger partial charge on any atom is -0.512 e. The molecule has 0 aliphatic heterocycles. The zero-order chi connectivity index (χ0) is 47.6. The van der Waals surface area contributed by atoms with Crippen LogP contribution in [0.3, 0.4) is 0 Å². The second-order valence-electron chi connectivity index (χ2n) is 14.4. The zero-order valence-corrected chi connectivity index (χ0v) is 32.4. The summed E-state index contributed by atoms with van der Waals surface area (Å²) in [5.41, 5.74) is -3.75. The molecule has 0 unspecified atom stereocenters. The molecule has 0 spiro atoms. The van der Waals surface area contributed by atoms with Crippen LogP contribution in [0.5, 0.6) is 0 Å². The van der Waals surface area contributed by atoms with Crippen molar-refractivity contribution in [2.75, 3.05) is 0 Å². The van der Waals surface area contributed by atoms with E-state index < -0.39 is 105 Å². The van der Waals surface area contributed by atoms with E-state index in [4.69, 9.17) is 15.3 Å². The second kappa shape index (κ2) is 19.0. The molecular formula is C30H33ErF21O6. The van der Waals surface area contributed by atoms with Crippen LogP contribution in [0.1, 0.15) is 62.3 Å². The number of ketones is 3. The van der Waals surface area contributed by atoms with Gasteiger partial charge in [0.15, 0.2) is 0 Å². The van der Waals surface area contributed by atoms with E-state index in [1.54, 1.807) is 0 Å². The number of rotatable bonds is 9. The zero-order valence-electron chi connectivity index (χ0n) is 30.5. The molecule has 6 nitrogen and oxygen atoms in total. The molecule has 0 aliphatic rings. The molecule has 0 heterocycles. The molecular weight excluding hydrogens is 1020 g/mol. The van der Waals surface area contributed by atoms with Gasteiger partial charge in [-0.3, -0.25) is 14.4 Å². The molecule has 28 heteroatoms. The molecule has 0 amide bonds. The van der Waals surface area contributed by atoms with Gasteiger partial charge in [-0.1, -0.05) is 62.3 Å². The maximum Gasteiger partial charge on any atom is 0.460 e. The number of hydrogen-bond donors (Lipinski definition) is 3. The van der Waals surface area contributed by atoms with Crippen molar-refractivity contribution in [3.63, 3.8) is 0 Å². The van der Waals surface area contributed by atoms with Crippen molar-refractivity contribution < 1.29 is 159 Å². The molecule has 0 rings (SSSR count). The van der Waals surface area contributed by atoms with Crippen molar-refractivity contribution in [2.24, 2.45) is 16.2 Å². The van der Waals surface area contributed by atoms with Crippen LogP contribution < -0.4 is 0 Å². The Bertz CT molecular complexity index is 1350. The van der Waals surface area contributed by atoms with Gasteiger partial charge in [-0.05, 0) is 0 Å². The first-order valence-corrected chi connectivity index (χ1v) is 14.5. The molecule has 348 valence electrons. The van der Waals surface area contributed by atoms with E-state index in [0.717, 1.165) is 0 Å². The van der Waals surface area contributed by atoms with E-state index in [2.05, 4.69) is 0 Å². The number of aliphatic hydroxyl groups is 3. The second-order valence-corrected chi connectivity index (χ2v) is 14.4.